The Kier molecular flexibility index (Phi) is 5.41. The lowest BCUT2D eigenvalue weighted by atomic mass is 10.1. The summed E-state index contributed by atoms with van der Waals surface area (Å²) in [6.07, 6.45) is 3.43. The van der Waals surface area contributed by atoms with Crippen molar-refractivity contribution >= 4 is 17.8 Å². The second kappa shape index (κ2) is 7.49. The Morgan fingerprint density at radius 2 is 1.78 bits per heavy atom. The summed E-state index contributed by atoms with van der Waals surface area (Å²) >= 11 is 0. The number of amides is 2. The average molecular weight is 310 g/mol. The van der Waals surface area contributed by atoms with Crippen LogP contribution in [0.4, 0.5) is 10.5 Å². The maximum absolute atomic E-state index is 12.0. The molecule has 0 aliphatic rings. The minimum atomic E-state index is -0.265. The second-order valence-electron chi connectivity index (χ2n) is 5.48. The van der Waals surface area contributed by atoms with Gasteiger partial charge in [0.25, 0.3) is 0 Å². The summed E-state index contributed by atoms with van der Waals surface area (Å²) in [5.74, 6) is 0.780. The van der Waals surface area contributed by atoms with Crippen LogP contribution in [0.1, 0.15) is 22.3 Å². The molecular formula is C19H22N2O2. The van der Waals surface area contributed by atoms with Gasteiger partial charge in [-0.2, -0.15) is 0 Å². The molecule has 2 N–H and O–H groups in total. The number of anilines is 1. The van der Waals surface area contributed by atoms with Crippen LogP contribution in [0, 0.1) is 20.8 Å². The topological polar surface area (TPSA) is 50.4 Å². The van der Waals surface area contributed by atoms with E-state index < -0.39 is 0 Å². The molecule has 4 heteroatoms. The highest BCUT2D eigenvalue weighted by molar-refractivity contribution is 5.92. The molecule has 4 nitrogen and oxygen atoms in total. The van der Waals surface area contributed by atoms with Crippen LogP contribution in [0.3, 0.4) is 0 Å². The van der Waals surface area contributed by atoms with Gasteiger partial charge in [0.05, 0.1) is 7.11 Å². The highest BCUT2D eigenvalue weighted by Crippen LogP contribution is 2.21. The third-order valence-electron chi connectivity index (χ3n) is 3.50. The van der Waals surface area contributed by atoms with E-state index in [9.17, 15) is 4.79 Å². The molecule has 0 fully saturated rings. The van der Waals surface area contributed by atoms with Gasteiger partial charge >= 0.3 is 6.03 Å². The number of hydrogen-bond acceptors (Lipinski definition) is 2. The fourth-order valence-electron chi connectivity index (χ4n) is 2.49. The summed E-state index contributed by atoms with van der Waals surface area (Å²) in [6.45, 7) is 6.02. The van der Waals surface area contributed by atoms with Crippen LogP contribution >= 0.6 is 0 Å². The van der Waals surface area contributed by atoms with E-state index in [1.54, 1.807) is 13.3 Å². The molecule has 0 saturated carbocycles. The summed E-state index contributed by atoms with van der Waals surface area (Å²) < 4.78 is 5.16. The predicted octanol–water partition coefficient (Wildman–Crippen LogP) is 4.41. The minimum Gasteiger partial charge on any atom is -0.497 e. The molecule has 2 amide bonds. The van der Waals surface area contributed by atoms with Gasteiger partial charge in [-0.1, -0.05) is 29.8 Å². The number of benzene rings is 2. The van der Waals surface area contributed by atoms with Gasteiger partial charge < -0.3 is 15.4 Å². The van der Waals surface area contributed by atoms with Gasteiger partial charge in [-0.05, 0) is 55.7 Å². The Balaban J connectivity index is 1.99. The van der Waals surface area contributed by atoms with Gasteiger partial charge in [0.15, 0.2) is 0 Å². The number of aryl methyl sites for hydroxylation is 3. The van der Waals surface area contributed by atoms with E-state index in [0.29, 0.717) is 0 Å². The monoisotopic (exact) mass is 310 g/mol. The van der Waals surface area contributed by atoms with Crippen molar-refractivity contribution in [3.63, 3.8) is 0 Å². The van der Waals surface area contributed by atoms with Gasteiger partial charge in [0.1, 0.15) is 5.75 Å². The Bertz CT molecular complexity index is 713. The molecule has 0 saturated heterocycles. The van der Waals surface area contributed by atoms with Gasteiger partial charge in [0.2, 0.25) is 0 Å². The summed E-state index contributed by atoms with van der Waals surface area (Å²) in [5, 5.41) is 5.60. The van der Waals surface area contributed by atoms with Crippen molar-refractivity contribution in [2.24, 2.45) is 0 Å². The third kappa shape index (κ3) is 4.61. The maximum Gasteiger partial charge on any atom is 0.323 e. The van der Waals surface area contributed by atoms with Gasteiger partial charge in [-0.15, -0.1) is 0 Å². The van der Waals surface area contributed by atoms with E-state index in [1.165, 1.54) is 5.56 Å². The fraction of sp³-hybridized carbons (Fsp3) is 0.211. The number of hydrogen-bond donors (Lipinski definition) is 2. The first-order valence-corrected chi connectivity index (χ1v) is 7.45. The van der Waals surface area contributed by atoms with Crippen LogP contribution in [0.2, 0.25) is 0 Å². The molecular weight excluding hydrogens is 288 g/mol. The number of carbonyl (C=O) groups is 1. The molecule has 2 aromatic carbocycles. The lowest BCUT2D eigenvalue weighted by Gasteiger charge is -2.12. The van der Waals surface area contributed by atoms with Crippen molar-refractivity contribution in [3.05, 3.63) is 64.9 Å². The molecule has 23 heavy (non-hydrogen) atoms. The first kappa shape index (κ1) is 16.6. The average Bonchev–Trinajstić information content (AvgIpc) is 2.51. The Labute approximate surface area is 137 Å². The van der Waals surface area contributed by atoms with E-state index in [4.69, 9.17) is 4.74 Å². The molecule has 0 radical (unpaired) electrons. The van der Waals surface area contributed by atoms with Crippen molar-refractivity contribution in [1.29, 1.82) is 0 Å². The lowest BCUT2D eigenvalue weighted by Crippen LogP contribution is -2.24. The zero-order valence-electron chi connectivity index (χ0n) is 13.9. The van der Waals surface area contributed by atoms with Crippen molar-refractivity contribution in [2.75, 3.05) is 12.4 Å². The molecule has 0 aliphatic heterocycles. The van der Waals surface area contributed by atoms with Crippen molar-refractivity contribution in [2.45, 2.75) is 20.8 Å². The summed E-state index contributed by atoms with van der Waals surface area (Å²) in [6, 6.07) is 11.4. The Hall–Kier alpha value is -2.75. The molecule has 0 aliphatic carbocycles. The van der Waals surface area contributed by atoms with E-state index in [2.05, 4.69) is 22.8 Å². The van der Waals surface area contributed by atoms with Crippen LogP contribution in [-0.4, -0.2) is 13.1 Å². The normalized spacial score (nSPS) is 10.6. The van der Waals surface area contributed by atoms with E-state index >= 15 is 0 Å². The van der Waals surface area contributed by atoms with E-state index in [0.717, 1.165) is 28.1 Å². The van der Waals surface area contributed by atoms with E-state index in [-0.39, 0.29) is 6.03 Å². The lowest BCUT2D eigenvalue weighted by molar-refractivity contribution is 0.255. The Morgan fingerprint density at radius 3 is 2.43 bits per heavy atom. The largest absolute Gasteiger partial charge is 0.497 e. The predicted molar refractivity (Wildman–Crippen MR) is 94.8 cm³/mol. The van der Waals surface area contributed by atoms with Gasteiger partial charge in [-0.25, -0.2) is 4.79 Å². The quantitative estimate of drug-likeness (QED) is 0.878. The van der Waals surface area contributed by atoms with Crippen LogP contribution in [0.25, 0.3) is 6.08 Å². The van der Waals surface area contributed by atoms with Crippen molar-refractivity contribution in [1.82, 2.24) is 5.32 Å². The summed E-state index contributed by atoms with van der Waals surface area (Å²) in [7, 11) is 1.63. The number of ether oxygens (including phenoxy) is 1. The van der Waals surface area contributed by atoms with Crippen LogP contribution in [-0.2, 0) is 0 Å². The number of urea groups is 1. The molecule has 0 heterocycles. The molecule has 2 rings (SSSR count). The zero-order chi connectivity index (χ0) is 16.8. The molecule has 0 atom stereocenters. The van der Waals surface area contributed by atoms with Crippen LogP contribution < -0.4 is 15.4 Å². The highest BCUT2D eigenvalue weighted by Gasteiger charge is 2.06. The summed E-state index contributed by atoms with van der Waals surface area (Å²) in [4.78, 5) is 12.0. The van der Waals surface area contributed by atoms with Crippen LogP contribution in [0.15, 0.2) is 42.6 Å². The summed E-state index contributed by atoms with van der Waals surface area (Å²) in [5.41, 5.74) is 5.09. The molecule has 0 spiro atoms. The SMILES string of the molecule is COc1cccc(/C=C/NC(=O)Nc2c(C)cc(C)cc2C)c1. The van der Waals surface area contributed by atoms with Crippen LogP contribution in [0.5, 0.6) is 5.75 Å². The smallest absolute Gasteiger partial charge is 0.323 e. The fourth-order valence-corrected chi connectivity index (χ4v) is 2.49. The number of methoxy groups -OCH3 is 1. The van der Waals surface area contributed by atoms with Gasteiger partial charge in [-0.3, -0.25) is 0 Å². The van der Waals surface area contributed by atoms with Gasteiger partial charge in [0, 0.05) is 11.9 Å². The molecule has 0 bridgehead atoms. The number of nitrogens with one attached hydrogen (secondary N) is 2. The number of carbonyl (C=O) groups excluding carboxylic acids is 1. The zero-order valence-corrected chi connectivity index (χ0v) is 13.9. The Morgan fingerprint density at radius 1 is 1.09 bits per heavy atom. The third-order valence-corrected chi connectivity index (χ3v) is 3.50. The van der Waals surface area contributed by atoms with E-state index in [1.807, 2.05) is 51.1 Å². The van der Waals surface area contributed by atoms with Crippen molar-refractivity contribution in [3.8, 4) is 5.75 Å². The minimum absolute atomic E-state index is 0.265. The maximum atomic E-state index is 12.0. The first-order chi connectivity index (χ1) is 11.0. The molecule has 120 valence electrons. The highest BCUT2D eigenvalue weighted by atomic mass is 16.5. The molecule has 0 unspecified atom stereocenters. The standard InChI is InChI=1S/C19H22N2O2/c1-13-10-14(2)18(15(3)11-13)21-19(22)20-9-8-16-6-5-7-17(12-16)23-4/h5-12H,1-4H3,(H2,20,21,22)/b9-8+. The molecule has 0 aromatic heterocycles. The first-order valence-electron chi connectivity index (χ1n) is 7.45. The van der Waals surface area contributed by atoms with Crippen molar-refractivity contribution < 1.29 is 9.53 Å². The second-order valence-corrected chi connectivity index (χ2v) is 5.48. The number of rotatable bonds is 4. The molecule has 2 aromatic rings.